The molecule has 2 heterocycles. The van der Waals surface area contributed by atoms with E-state index in [1.807, 2.05) is 12.1 Å². The van der Waals surface area contributed by atoms with Gasteiger partial charge in [-0.3, -0.25) is 0 Å². The molecule has 3 aromatic carbocycles. The van der Waals surface area contributed by atoms with Crippen LogP contribution in [0.2, 0.25) is 0 Å². The molecule has 0 radical (unpaired) electrons. The van der Waals surface area contributed by atoms with Crippen LogP contribution < -0.4 is 4.74 Å². The second kappa shape index (κ2) is 11.5. The van der Waals surface area contributed by atoms with Crippen LogP contribution in [0.4, 0.5) is 10.1 Å². The third kappa shape index (κ3) is 5.82. The van der Waals surface area contributed by atoms with Crippen LogP contribution in [0.1, 0.15) is 28.1 Å². The van der Waals surface area contributed by atoms with Crippen LogP contribution in [0.25, 0.3) is 27.1 Å². The van der Waals surface area contributed by atoms with E-state index in [0.29, 0.717) is 24.5 Å². The summed E-state index contributed by atoms with van der Waals surface area (Å²) in [5.41, 5.74) is 8.03. The minimum atomic E-state index is -0.461. The van der Waals surface area contributed by atoms with Crippen molar-refractivity contribution in [2.45, 2.75) is 33.4 Å². The Labute approximate surface area is 227 Å². The van der Waals surface area contributed by atoms with E-state index in [-0.39, 0.29) is 12.3 Å². The summed E-state index contributed by atoms with van der Waals surface area (Å²) in [6.07, 6.45) is 0.706. The monoisotopic (exact) mass is 520 g/mol. The zero-order chi connectivity index (χ0) is 27.4. The first-order valence-electron chi connectivity index (χ1n) is 12.8. The smallest absolute Gasteiger partial charge is 0.214 e. The average Bonchev–Trinajstić information content (AvgIpc) is 3.28. The van der Waals surface area contributed by atoms with E-state index >= 15 is 0 Å². The summed E-state index contributed by atoms with van der Waals surface area (Å²) in [4.78, 5) is 12.8. The van der Waals surface area contributed by atoms with Gasteiger partial charge in [-0.2, -0.15) is 0 Å². The third-order valence-electron chi connectivity index (χ3n) is 6.75. The normalized spacial score (nSPS) is 11.1. The highest BCUT2D eigenvalue weighted by Crippen LogP contribution is 2.26. The number of imidazole rings is 1. The van der Waals surface area contributed by atoms with E-state index in [2.05, 4.69) is 64.6 Å². The number of halogens is 1. The third-order valence-corrected chi connectivity index (χ3v) is 6.75. The maximum Gasteiger partial charge on any atom is 0.214 e. The highest BCUT2D eigenvalue weighted by atomic mass is 19.1. The lowest BCUT2D eigenvalue weighted by Gasteiger charge is -2.12. The quantitative estimate of drug-likeness (QED) is 0.193. The Balaban J connectivity index is 1.35. The largest absolute Gasteiger partial charge is 0.473 e. The number of fused-ring (bicyclic) bond motifs is 1. The lowest BCUT2D eigenvalue weighted by atomic mass is 10.0. The summed E-state index contributed by atoms with van der Waals surface area (Å²) >= 11 is 0. The molecule has 0 aliphatic rings. The summed E-state index contributed by atoms with van der Waals surface area (Å²) in [5.74, 6) is 0.954. The highest BCUT2D eigenvalue weighted by Gasteiger charge is 2.14. The molecule has 7 heteroatoms. The van der Waals surface area contributed by atoms with Crippen molar-refractivity contribution in [3.63, 3.8) is 0 Å². The van der Waals surface area contributed by atoms with Crippen molar-refractivity contribution in [2.75, 3.05) is 13.7 Å². The van der Waals surface area contributed by atoms with Crippen LogP contribution in [0.15, 0.2) is 72.8 Å². The molecule has 0 N–H and O–H groups in total. The van der Waals surface area contributed by atoms with Crippen molar-refractivity contribution in [3.8, 4) is 17.1 Å². The highest BCUT2D eigenvalue weighted by molar-refractivity contribution is 5.77. The number of benzene rings is 3. The Morgan fingerprint density at radius 1 is 0.949 bits per heavy atom. The fraction of sp³-hybridized carbons (Fsp3) is 0.219. The summed E-state index contributed by atoms with van der Waals surface area (Å²) in [6.45, 7) is 12.6. The number of ether oxygens (including phenoxy) is 2. The van der Waals surface area contributed by atoms with Gasteiger partial charge < -0.3 is 14.0 Å². The van der Waals surface area contributed by atoms with Gasteiger partial charge in [0.05, 0.1) is 29.9 Å². The number of methoxy groups -OCH3 is 1. The fourth-order valence-corrected chi connectivity index (χ4v) is 4.60. The number of hydrogen-bond acceptors (Lipinski definition) is 4. The Bertz CT molecular complexity index is 1690. The van der Waals surface area contributed by atoms with Crippen LogP contribution in [0.5, 0.6) is 5.88 Å². The lowest BCUT2D eigenvalue weighted by molar-refractivity contribution is 0.187. The summed E-state index contributed by atoms with van der Waals surface area (Å²) in [7, 11) is 1.72. The second-order valence-corrected chi connectivity index (χ2v) is 9.52. The van der Waals surface area contributed by atoms with E-state index in [1.54, 1.807) is 25.3 Å². The minimum absolute atomic E-state index is 0.0299. The number of aryl methyl sites for hydroxylation is 2. The van der Waals surface area contributed by atoms with Crippen LogP contribution >= 0.6 is 0 Å². The molecule has 0 amide bonds. The van der Waals surface area contributed by atoms with Crippen LogP contribution in [-0.2, 0) is 24.3 Å². The number of rotatable bonds is 9. The van der Waals surface area contributed by atoms with Crippen LogP contribution in [-0.4, -0.2) is 28.3 Å². The second-order valence-electron chi connectivity index (χ2n) is 9.52. The summed E-state index contributed by atoms with van der Waals surface area (Å²) in [5, 5.41) is 0. The van der Waals surface area contributed by atoms with Crippen molar-refractivity contribution < 1.29 is 13.9 Å². The van der Waals surface area contributed by atoms with Gasteiger partial charge in [-0.15, -0.1) is 0 Å². The fourth-order valence-electron chi connectivity index (χ4n) is 4.60. The van der Waals surface area contributed by atoms with Gasteiger partial charge in [0, 0.05) is 37.3 Å². The first-order valence-corrected chi connectivity index (χ1v) is 12.8. The standard InChI is InChI=1S/C32H29FN4O2/c1-21-8-13-29-30(16-21)37(14-15-38-4)31(35-29)18-23-9-10-24(17-22(23)2)28-6-5-7-32(36-28)39-20-25-11-12-26(34-3)19-27(25)33/h5-13,16-17,19H,14-15,18,20H2,1-2,4H3. The molecule has 0 aliphatic heterocycles. The van der Waals surface area contributed by atoms with E-state index in [1.165, 1.54) is 17.2 Å². The first kappa shape index (κ1) is 26.1. The van der Waals surface area contributed by atoms with Crippen molar-refractivity contribution in [2.24, 2.45) is 0 Å². The van der Waals surface area contributed by atoms with E-state index in [9.17, 15) is 4.39 Å². The molecule has 0 fully saturated rings. The molecule has 0 aliphatic carbocycles. The molecular formula is C32H29FN4O2. The maximum atomic E-state index is 14.2. The molecule has 39 heavy (non-hydrogen) atoms. The number of aromatic nitrogens is 3. The van der Waals surface area contributed by atoms with E-state index in [0.717, 1.165) is 40.2 Å². The maximum absolute atomic E-state index is 14.2. The predicted octanol–water partition coefficient (Wildman–Crippen LogP) is 7.22. The first-order chi connectivity index (χ1) is 18.9. The Morgan fingerprint density at radius 3 is 2.56 bits per heavy atom. The van der Waals surface area contributed by atoms with Gasteiger partial charge in [0.1, 0.15) is 18.2 Å². The van der Waals surface area contributed by atoms with Gasteiger partial charge in [-0.05, 0) is 60.9 Å². The molecule has 0 unspecified atom stereocenters. The van der Waals surface area contributed by atoms with Gasteiger partial charge in [-0.25, -0.2) is 19.2 Å². The van der Waals surface area contributed by atoms with Crippen LogP contribution in [0.3, 0.4) is 0 Å². The van der Waals surface area contributed by atoms with Gasteiger partial charge in [0.15, 0.2) is 5.69 Å². The predicted molar refractivity (Wildman–Crippen MR) is 151 cm³/mol. The van der Waals surface area contributed by atoms with E-state index in [4.69, 9.17) is 21.0 Å². The van der Waals surface area contributed by atoms with Crippen LogP contribution in [0, 0.1) is 26.2 Å². The molecule has 0 bridgehead atoms. The lowest BCUT2D eigenvalue weighted by Crippen LogP contribution is -2.09. The minimum Gasteiger partial charge on any atom is -0.473 e. The topological polar surface area (TPSA) is 53.5 Å². The molecule has 0 atom stereocenters. The summed E-state index contributed by atoms with van der Waals surface area (Å²) in [6, 6.07) is 22.6. The van der Waals surface area contributed by atoms with Gasteiger partial charge in [-0.1, -0.05) is 36.4 Å². The van der Waals surface area contributed by atoms with Crippen molar-refractivity contribution in [1.82, 2.24) is 14.5 Å². The van der Waals surface area contributed by atoms with Gasteiger partial charge in [0.25, 0.3) is 0 Å². The molecule has 0 saturated carbocycles. The van der Waals surface area contributed by atoms with Gasteiger partial charge in [0.2, 0.25) is 5.88 Å². The van der Waals surface area contributed by atoms with Crippen molar-refractivity contribution in [1.29, 1.82) is 0 Å². The van der Waals surface area contributed by atoms with Gasteiger partial charge >= 0.3 is 0 Å². The zero-order valence-corrected chi connectivity index (χ0v) is 22.2. The molecule has 196 valence electrons. The Kier molecular flexibility index (Phi) is 7.67. The number of hydrogen-bond donors (Lipinski definition) is 0. The van der Waals surface area contributed by atoms with Crippen molar-refractivity contribution >= 4 is 16.7 Å². The molecule has 0 saturated heterocycles. The molecule has 2 aromatic heterocycles. The Morgan fingerprint density at radius 2 is 1.79 bits per heavy atom. The molecule has 0 spiro atoms. The Hall–Kier alpha value is -4.54. The number of pyridine rings is 1. The van der Waals surface area contributed by atoms with E-state index < -0.39 is 5.82 Å². The molecule has 6 nitrogen and oxygen atoms in total. The molecular weight excluding hydrogens is 491 g/mol. The SMILES string of the molecule is [C-]#[N+]c1ccc(COc2cccc(-c3ccc(Cc4nc5ccc(C)cc5n4CCOC)c(C)c3)n2)c(F)c1. The number of nitrogens with zero attached hydrogens (tertiary/aromatic N) is 4. The molecule has 5 rings (SSSR count). The summed E-state index contributed by atoms with van der Waals surface area (Å²) < 4.78 is 27.6. The zero-order valence-electron chi connectivity index (χ0n) is 22.2. The van der Waals surface area contributed by atoms with Crippen molar-refractivity contribution in [3.05, 3.63) is 118 Å². The average molecular weight is 521 g/mol. The molecule has 5 aromatic rings.